The number of rotatable bonds is 4. The van der Waals surface area contributed by atoms with Crippen molar-refractivity contribution in [2.75, 3.05) is 19.7 Å². The molecule has 0 amide bonds. The normalized spacial score (nSPS) is 20.2. The van der Waals surface area contributed by atoms with Gasteiger partial charge in [0.15, 0.2) is 0 Å². The van der Waals surface area contributed by atoms with Crippen LogP contribution in [0.3, 0.4) is 0 Å². The Kier molecular flexibility index (Phi) is 6.47. The van der Waals surface area contributed by atoms with Gasteiger partial charge in [0.25, 0.3) is 0 Å². The smallest absolute Gasteiger partial charge is 0.119 e. The SMILES string of the molecule is CCOc1cccc(CN2CCCC(N)C2)c1.Cl. The number of ether oxygens (including phenoxy) is 1. The Morgan fingerprint density at radius 3 is 3.00 bits per heavy atom. The maximum absolute atomic E-state index is 5.99. The molecule has 1 fully saturated rings. The Balaban J connectivity index is 0.00000162. The van der Waals surface area contributed by atoms with Gasteiger partial charge in [0.1, 0.15) is 5.75 Å². The van der Waals surface area contributed by atoms with Crippen LogP contribution < -0.4 is 10.5 Å². The van der Waals surface area contributed by atoms with Gasteiger partial charge in [0.2, 0.25) is 0 Å². The van der Waals surface area contributed by atoms with Crippen molar-refractivity contribution in [2.45, 2.75) is 32.4 Å². The largest absolute Gasteiger partial charge is 0.494 e. The molecule has 0 radical (unpaired) electrons. The van der Waals surface area contributed by atoms with Crippen molar-refractivity contribution in [1.29, 1.82) is 0 Å². The summed E-state index contributed by atoms with van der Waals surface area (Å²) >= 11 is 0. The van der Waals surface area contributed by atoms with Crippen LogP contribution in [0, 0.1) is 0 Å². The Morgan fingerprint density at radius 1 is 1.44 bits per heavy atom. The van der Waals surface area contributed by atoms with Crippen LogP contribution in [0.4, 0.5) is 0 Å². The first-order valence-electron chi connectivity index (χ1n) is 6.47. The lowest BCUT2D eigenvalue weighted by atomic mass is 10.1. The zero-order chi connectivity index (χ0) is 12.1. The van der Waals surface area contributed by atoms with Crippen LogP contribution in [-0.2, 0) is 6.54 Å². The Hall–Kier alpha value is -0.770. The van der Waals surface area contributed by atoms with Gasteiger partial charge in [0.05, 0.1) is 6.61 Å². The second-order valence-corrected chi connectivity index (χ2v) is 4.72. The molecule has 0 bridgehead atoms. The first-order chi connectivity index (χ1) is 8.28. The third kappa shape index (κ3) is 4.48. The lowest BCUT2D eigenvalue weighted by molar-refractivity contribution is 0.201. The molecule has 1 aliphatic rings. The number of halogens is 1. The van der Waals surface area contributed by atoms with Gasteiger partial charge in [-0.2, -0.15) is 0 Å². The van der Waals surface area contributed by atoms with E-state index in [-0.39, 0.29) is 12.4 Å². The molecule has 0 spiro atoms. The topological polar surface area (TPSA) is 38.5 Å². The molecule has 0 saturated carbocycles. The standard InChI is InChI=1S/C14H22N2O.ClH/c1-2-17-14-7-3-5-12(9-14)10-16-8-4-6-13(15)11-16;/h3,5,7,9,13H,2,4,6,8,10-11,15H2,1H3;1H. The summed E-state index contributed by atoms with van der Waals surface area (Å²) in [4.78, 5) is 2.43. The number of likely N-dealkylation sites (tertiary alicyclic amines) is 1. The second kappa shape index (κ2) is 7.62. The van der Waals surface area contributed by atoms with Gasteiger partial charge < -0.3 is 10.5 Å². The highest BCUT2D eigenvalue weighted by molar-refractivity contribution is 5.85. The number of piperidine rings is 1. The van der Waals surface area contributed by atoms with Gasteiger partial charge in [-0.1, -0.05) is 12.1 Å². The van der Waals surface area contributed by atoms with Gasteiger partial charge in [-0.25, -0.2) is 0 Å². The quantitative estimate of drug-likeness (QED) is 0.913. The van der Waals surface area contributed by atoms with Crippen LogP contribution in [-0.4, -0.2) is 30.6 Å². The summed E-state index contributed by atoms with van der Waals surface area (Å²) in [5.41, 5.74) is 7.30. The number of hydrogen-bond donors (Lipinski definition) is 1. The van der Waals surface area contributed by atoms with Gasteiger partial charge >= 0.3 is 0 Å². The molecule has 1 saturated heterocycles. The molecule has 1 heterocycles. The van der Waals surface area contributed by atoms with Crippen molar-refractivity contribution in [3.8, 4) is 5.75 Å². The molecule has 102 valence electrons. The summed E-state index contributed by atoms with van der Waals surface area (Å²) in [6.45, 7) is 5.88. The number of hydrogen-bond acceptors (Lipinski definition) is 3. The van der Waals surface area contributed by atoms with Crippen molar-refractivity contribution >= 4 is 12.4 Å². The third-order valence-electron chi connectivity index (χ3n) is 3.16. The Bertz CT molecular complexity index is 359. The van der Waals surface area contributed by atoms with Crippen LogP contribution in [0.15, 0.2) is 24.3 Å². The highest BCUT2D eigenvalue weighted by atomic mass is 35.5. The van der Waals surface area contributed by atoms with Crippen LogP contribution >= 0.6 is 12.4 Å². The van der Waals surface area contributed by atoms with Crippen LogP contribution in [0.25, 0.3) is 0 Å². The third-order valence-corrected chi connectivity index (χ3v) is 3.16. The van der Waals surface area contributed by atoms with Crippen LogP contribution in [0.2, 0.25) is 0 Å². The van der Waals surface area contributed by atoms with Gasteiger partial charge in [0, 0.05) is 19.1 Å². The van der Waals surface area contributed by atoms with E-state index in [0.29, 0.717) is 6.04 Å². The lowest BCUT2D eigenvalue weighted by Crippen LogP contribution is -2.42. The summed E-state index contributed by atoms with van der Waals surface area (Å²) in [7, 11) is 0. The van der Waals surface area contributed by atoms with Gasteiger partial charge in [-0.3, -0.25) is 4.90 Å². The lowest BCUT2D eigenvalue weighted by Gasteiger charge is -2.30. The first-order valence-corrected chi connectivity index (χ1v) is 6.47. The summed E-state index contributed by atoms with van der Waals surface area (Å²) in [5.74, 6) is 0.964. The zero-order valence-corrected chi connectivity index (χ0v) is 11.8. The van der Waals surface area contributed by atoms with E-state index in [0.717, 1.165) is 38.4 Å². The molecule has 1 aliphatic heterocycles. The van der Waals surface area contributed by atoms with Crippen molar-refractivity contribution in [1.82, 2.24) is 4.90 Å². The summed E-state index contributed by atoms with van der Waals surface area (Å²) in [5, 5.41) is 0. The average molecular weight is 271 g/mol. The maximum Gasteiger partial charge on any atom is 0.119 e. The molecule has 2 N–H and O–H groups in total. The van der Waals surface area contributed by atoms with E-state index < -0.39 is 0 Å². The fraction of sp³-hybridized carbons (Fsp3) is 0.571. The zero-order valence-electron chi connectivity index (χ0n) is 11.0. The molecule has 0 aliphatic carbocycles. The number of nitrogens with two attached hydrogens (primary N) is 1. The summed E-state index contributed by atoms with van der Waals surface area (Å²) in [6.07, 6.45) is 2.38. The molecular formula is C14H23ClN2O. The Labute approximate surface area is 116 Å². The van der Waals surface area contributed by atoms with Crippen molar-refractivity contribution in [3.05, 3.63) is 29.8 Å². The maximum atomic E-state index is 5.99. The Morgan fingerprint density at radius 2 is 2.28 bits per heavy atom. The minimum absolute atomic E-state index is 0. The predicted octanol–water partition coefficient (Wildman–Crippen LogP) is 2.43. The van der Waals surface area contributed by atoms with Crippen molar-refractivity contribution < 1.29 is 4.74 Å². The molecule has 1 aromatic carbocycles. The predicted molar refractivity (Wildman–Crippen MR) is 77.3 cm³/mol. The minimum Gasteiger partial charge on any atom is -0.494 e. The van der Waals surface area contributed by atoms with E-state index in [1.807, 2.05) is 13.0 Å². The summed E-state index contributed by atoms with van der Waals surface area (Å²) < 4.78 is 5.51. The van der Waals surface area contributed by atoms with Gasteiger partial charge in [-0.05, 0) is 44.0 Å². The van der Waals surface area contributed by atoms with Crippen LogP contribution in [0.5, 0.6) is 5.75 Å². The number of benzene rings is 1. The van der Waals surface area contributed by atoms with E-state index in [9.17, 15) is 0 Å². The molecule has 2 rings (SSSR count). The average Bonchev–Trinajstić information content (AvgIpc) is 2.30. The van der Waals surface area contributed by atoms with E-state index in [2.05, 4.69) is 23.1 Å². The second-order valence-electron chi connectivity index (χ2n) is 4.72. The highest BCUT2D eigenvalue weighted by Gasteiger charge is 2.16. The minimum atomic E-state index is 0. The molecule has 3 nitrogen and oxygen atoms in total. The molecule has 1 aromatic rings. The fourth-order valence-electron chi connectivity index (χ4n) is 2.39. The fourth-order valence-corrected chi connectivity index (χ4v) is 2.39. The molecule has 0 aromatic heterocycles. The molecule has 1 unspecified atom stereocenters. The van der Waals surface area contributed by atoms with E-state index in [1.165, 1.54) is 12.0 Å². The summed E-state index contributed by atoms with van der Waals surface area (Å²) in [6, 6.07) is 8.70. The molecular weight excluding hydrogens is 248 g/mol. The van der Waals surface area contributed by atoms with Crippen LogP contribution in [0.1, 0.15) is 25.3 Å². The monoisotopic (exact) mass is 270 g/mol. The molecule has 18 heavy (non-hydrogen) atoms. The highest BCUT2D eigenvalue weighted by Crippen LogP contribution is 2.17. The number of nitrogens with zero attached hydrogens (tertiary/aromatic N) is 1. The van der Waals surface area contributed by atoms with Crippen molar-refractivity contribution in [2.24, 2.45) is 5.73 Å². The van der Waals surface area contributed by atoms with Crippen molar-refractivity contribution in [3.63, 3.8) is 0 Å². The van der Waals surface area contributed by atoms with E-state index in [4.69, 9.17) is 10.5 Å². The molecule has 1 atom stereocenters. The first kappa shape index (κ1) is 15.3. The van der Waals surface area contributed by atoms with Gasteiger partial charge in [-0.15, -0.1) is 12.4 Å². The molecule has 4 heteroatoms. The van der Waals surface area contributed by atoms with E-state index in [1.54, 1.807) is 0 Å². The van der Waals surface area contributed by atoms with E-state index >= 15 is 0 Å².